The quantitative estimate of drug-likeness (QED) is 0.780. The van der Waals surface area contributed by atoms with E-state index in [1.165, 1.54) is 12.8 Å². The van der Waals surface area contributed by atoms with E-state index in [9.17, 15) is 0 Å². The Labute approximate surface area is 108 Å². The zero-order valence-electron chi connectivity index (χ0n) is 10.6. The summed E-state index contributed by atoms with van der Waals surface area (Å²) in [6.07, 6.45) is 9.78. The Morgan fingerprint density at radius 3 is 2.59 bits per heavy atom. The first-order valence-corrected chi connectivity index (χ1v) is 7.48. The maximum Gasteiger partial charge on any atom is 0.0547 e. The zero-order valence-corrected chi connectivity index (χ0v) is 11.4. The second-order valence-corrected chi connectivity index (χ2v) is 5.90. The predicted octanol–water partition coefficient (Wildman–Crippen LogP) is 3.21. The minimum absolute atomic E-state index is 0.493. The van der Waals surface area contributed by atoms with E-state index in [4.69, 9.17) is 0 Å². The molecule has 0 radical (unpaired) electrons. The molecule has 2 rings (SSSR count). The number of rotatable bonds is 7. The Morgan fingerprint density at radius 1 is 1.29 bits per heavy atom. The van der Waals surface area contributed by atoms with Gasteiger partial charge in [-0.25, -0.2) is 0 Å². The molecule has 0 saturated heterocycles. The van der Waals surface area contributed by atoms with E-state index in [-0.39, 0.29) is 0 Å². The predicted molar refractivity (Wildman–Crippen MR) is 77.0 cm³/mol. The Morgan fingerprint density at radius 2 is 2.00 bits per heavy atom. The highest BCUT2D eigenvalue weighted by molar-refractivity contribution is 8.00. The van der Waals surface area contributed by atoms with Gasteiger partial charge in [0.25, 0.3) is 0 Å². The monoisotopic (exact) mass is 251 g/mol. The highest BCUT2D eigenvalue weighted by atomic mass is 32.2. The van der Waals surface area contributed by atoms with E-state index in [2.05, 4.69) is 34.9 Å². The molecule has 1 aromatic rings. The van der Waals surface area contributed by atoms with Gasteiger partial charge in [-0.05, 0) is 31.6 Å². The molecule has 17 heavy (non-hydrogen) atoms. The second-order valence-electron chi connectivity index (χ2n) is 4.63. The fourth-order valence-corrected chi connectivity index (χ4v) is 2.49. The van der Waals surface area contributed by atoms with Crippen LogP contribution in [0.5, 0.6) is 0 Å². The van der Waals surface area contributed by atoms with E-state index >= 15 is 0 Å². The van der Waals surface area contributed by atoms with Crippen LogP contribution in [0.4, 0.5) is 11.4 Å². The van der Waals surface area contributed by atoms with Crippen molar-refractivity contribution in [1.82, 2.24) is 4.98 Å². The third kappa shape index (κ3) is 3.53. The van der Waals surface area contributed by atoms with Crippen molar-refractivity contribution >= 4 is 23.1 Å². The van der Waals surface area contributed by atoms with Gasteiger partial charge in [0.15, 0.2) is 0 Å². The van der Waals surface area contributed by atoms with Crippen LogP contribution < -0.4 is 10.6 Å². The Bertz CT molecular complexity index is 363. The number of nitrogens with zero attached hydrogens (tertiary/aromatic N) is 1. The van der Waals surface area contributed by atoms with Crippen LogP contribution in [0, 0.1) is 0 Å². The van der Waals surface area contributed by atoms with Crippen LogP contribution in [0.1, 0.15) is 26.2 Å². The summed E-state index contributed by atoms with van der Waals surface area (Å²) in [4.78, 5) is 4.25. The maximum absolute atomic E-state index is 4.25. The van der Waals surface area contributed by atoms with Crippen molar-refractivity contribution in [3.63, 3.8) is 0 Å². The van der Waals surface area contributed by atoms with Gasteiger partial charge in [0.1, 0.15) is 0 Å². The third-order valence-corrected chi connectivity index (χ3v) is 4.59. The smallest absolute Gasteiger partial charge is 0.0547 e. The van der Waals surface area contributed by atoms with Crippen molar-refractivity contribution in [2.75, 3.05) is 30.0 Å². The maximum atomic E-state index is 4.25. The van der Waals surface area contributed by atoms with Crippen molar-refractivity contribution in [3.05, 3.63) is 18.5 Å². The topological polar surface area (TPSA) is 37.0 Å². The molecule has 1 fully saturated rings. The van der Waals surface area contributed by atoms with Gasteiger partial charge in [-0.15, -0.1) is 0 Å². The van der Waals surface area contributed by atoms with Crippen LogP contribution in [-0.2, 0) is 0 Å². The van der Waals surface area contributed by atoms with Gasteiger partial charge in [0.05, 0.1) is 23.8 Å². The summed E-state index contributed by atoms with van der Waals surface area (Å²) in [6.45, 7) is 4.21. The highest BCUT2D eigenvalue weighted by Crippen LogP contribution is 2.47. The van der Waals surface area contributed by atoms with Crippen LogP contribution in [0.2, 0.25) is 0 Å². The van der Waals surface area contributed by atoms with E-state index in [0.717, 1.165) is 30.9 Å². The average Bonchev–Trinajstić information content (AvgIpc) is 3.15. The largest absolute Gasteiger partial charge is 0.384 e. The number of hydrogen-bond donors (Lipinski definition) is 2. The number of thioether (sulfide) groups is 1. The number of anilines is 2. The number of hydrogen-bond acceptors (Lipinski definition) is 4. The lowest BCUT2D eigenvalue weighted by Gasteiger charge is -2.14. The van der Waals surface area contributed by atoms with Crippen molar-refractivity contribution < 1.29 is 0 Å². The minimum atomic E-state index is 0.493. The Hall–Kier alpha value is -0.900. The molecule has 0 bridgehead atoms. The summed E-state index contributed by atoms with van der Waals surface area (Å²) in [6, 6.07) is 2.14. The lowest BCUT2D eigenvalue weighted by Crippen LogP contribution is -2.17. The van der Waals surface area contributed by atoms with E-state index in [1.54, 1.807) is 0 Å². The molecule has 94 valence electrons. The molecule has 1 aromatic heterocycles. The van der Waals surface area contributed by atoms with Crippen LogP contribution in [0.15, 0.2) is 18.5 Å². The van der Waals surface area contributed by atoms with Crippen LogP contribution in [0.3, 0.4) is 0 Å². The fourth-order valence-electron chi connectivity index (χ4n) is 1.76. The number of pyridine rings is 1. The molecule has 2 N–H and O–H groups in total. The lowest BCUT2D eigenvalue weighted by molar-refractivity contribution is 0.946. The summed E-state index contributed by atoms with van der Waals surface area (Å²) in [5, 5.41) is 6.85. The van der Waals surface area contributed by atoms with Crippen molar-refractivity contribution in [3.8, 4) is 0 Å². The molecule has 0 unspecified atom stereocenters. The van der Waals surface area contributed by atoms with Crippen LogP contribution in [0.25, 0.3) is 0 Å². The van der Waals surface area contributed by atoms with Crippen molar-refractivity contribution in [2.45, 2.75) is 30.9 Å². The van der Waals surface area contributed by atoms with Crippen molar-refractivity contribution in [2.24, 2.45) is 0 Å². The number of aromatic nitrogens is 1. The molecule has 0 aliphatic heterocycles. The minimum Gasteiger partial charge on any atom is -0.384 e. The van der Waals surface area contributed by atoms with Gasteiger partial charge < -0.3 is 10.6 Å². The van der Waals surface area contributed by atoms with Gasteiger partial charge in [0, 0.05) is 17.8 Å². The van der Waals surface area contributed by atoms with Crippen molar-refractivity contribution in [1.29, 1.82) is 0 Å². The molecule has 4 heteroatoms. The van der Waals surface area contributed by atoms with E-state index in [1.807, 2.05) is 24.2 Å². The summed E-state index contributed by atoms with van der Waals surface area (Å²) < 4.78 is 0.493. The molecule has 3 nitrogen and oxygen atoms in total. The molecule has 0 atom stereocenters. The standard InChI is InChI=1S/C13H21N3S/c1-3-6-15-11-7-12(9-14-8-11)16-10-13(17-2)4-5-13/h7-9,15-16H,3-6,10H2,1-2H3. The molecule has 1 aliphatic carbocycles. The zero-order chi connectivity index (χ0) is 12.1. The SMILES string of the molecule is CCCNc1cncc(NCC2(SC)CC2)c1. The van der Waals surface area contributed by atoms with Gasteiger partial charge in [-0.1, -0.05) is 6.92 Å². The summed E-state index contributed by atoms with van der Waals surface area (Å²) in [5.41, 5.74) is 2.22. The second kappa shape index (κ2) is 5.63. The normalized spacial score (nSPS) is 16.6. The van der Waals surface area contributed by atoms with E-state index < -0.39 is 0 Å². The number of nitrogens with one attached hydrogen (secondary N) is 2. The highest BCUT2D eigenvalue weighted by Gasteiger charge is 2.41. The first-order chi connectivity index (χ1) is 8.28. The first-order valence-electron chi connectivity index (χ1n) is 6.26. The molecule has 0 aromatic carbocycles. The summed E-state index contributed by atoms with van der Waals surface area (Å²) >= 11 is 1.98. The molecule has 0 spiro atoms. The third-order valence-electron chi connectivity index (χ3n) is 3.17. The van der Waals surface area contributed by atoms with Gasteiger partial charge >= 0.3 is 0 Å². The van der Waals surface area contributed by atoms with Gasteiger partial charge in [0.2, 0.25) is 0 Å². The first kappa shape index (κ1) is 12.6. The molecule has 1 saturated carbocycles. The molecular weight excluding hydrogens is 230 g/mol. The summed E-state index contributed by atoms with van der Waals surface area (Å²) in [7, 11) is 0. The Balaban J connectivity index is 1.87. The lowest BCUT2D eigenvalue weighted by atomic mass is 10.3. The average molecular weight is 251 g/mol. The summed E-state index contributed by atoms with van der Waals surface area (Å²) in [5.74, 6) is 0. The molecule has 1 heterocycles. The molecular formula is C13H21N3S. The van der Waals surface area contributed by atoms with Crippen LogP contribution >= 0.6 is 11.8 Å². The molecule has 1 aliphatic rings. The van der Waals surface area contributed by atoms with Crippen LogP contribution in [-0.4, -0.2) is 29.1 Å². The fraction of sp³-hybridized carbons (Fsp3) is 0.615. The van der Waals surface area contributed by atoms with E-state index in [0.29, 0.717) is 4.75 Å². The van der Waals surface area contributed by atoms with Gasteiger partial charge in [-0.2, -0.15) is 11.8 Å². The Kier molecular flexibility index (Phi) is 4.15. The van der Waals surface area contributed by atoms with Gasteiger partial charge in [-0.3, -0.25) is 4.98 Å². The molecule has 0 amide bonds.